The van der Waals surface area contributed by atoms with E-state index in [-0.39, 0.29) is 30.2 Å². The van der Waals surface area contributed by atoms with E-state index in [1.165, 1.54) is 0 Å². The van der Waals surface area contributed by atoms with Crippen molar-refractivity contribution >= 4 is 36.8 Å². The van der Waals surface area contributed by atoms with Gasteiger partial charge in [-0.3, -0.25) is 9.59 Å². The summed E-state index contributed by atoms with van der Waals surface area (Å²) >= 11 is 0. The molecule has 6 heteroatoms. The van der Waals surface area contributed by atoms with Gasteiger partial charge in [0.2, 0.25) is 0 Å². The third-order valence-electron chi connectivity index (χ3n) is 6.42. The van der Waals surface area contributed by atoms with Crippen LogP contribution < -0.4 is 0 Å². The van der Waals surface area contributed by atoms with Gasteiger partial charge < -0.3 is 10.2 Å². The first kappa shape index (κ1) is 17.6. The molecule has 0 saturated heterocycles. The third-order valence-corrected chi connectivity index (χ3v) is 6.42. The molecule has 0 radical (unpaired) electrons. The van der Waals surface area contributed by atoms with Crippen molar-refractivity contribution in [1.29, 1.82) is 0 Å². The van der Waals surface area contributed by atoms with E-state index in [2.05, 4.69) is 0 Å². The number of carboxylic acids is 2. The van der Waals surface area contributed by atoms with Crippen LogP contribution in [0.1, 0.15) is 46.0 Å². The topological polar surface area (TPSA) is 74.6 Å². The van der Waals surface area contributed by atoms with Crippen LogP contribution in [0.5, 0.6) is 0 Å². The van der Waals surface area contributed by atoms with Gasteiger partial charge in [-0.05, 0) is 56.3 Å². The summed E-state index contributed by atoms with van der Waals surface area (Å²) in [6, 6.07) is 0. The minimum Gasteiger partial charge on any atom is -0.481 e. The van der Waals surface area contributed by atoms with Crippen molar-refractivity contribution in [3.05, 3.63) is 0 Å². The Hall–Kier alpha value is -0.480. The summed E-state index contributed by atoms with van der Waals surface area (Å²) < 4.78 is 0. The van der Waals surface area contributed by atoms with E-state index >= 15 is 0 Å². The molecule has 0 spiro atoms. The molecular weight excluding hydrogens is 303 g/mol. The first-order valence-corrected chi connectivity index (χ1v) is 6.72. The van der Waals surface area contributed by atoms with E-state index in [1.54, 1.807) is 6.92 Å². The highest BCUT2D eigenvalue weighted by atomic mass is 35.5. The molecular formula is C14H22Cl2O4. The van der Waals surface area contributed by atoms with Crippen molar-refractivity contribution in [2.24, 2.45) is 28.1 Å². The zero-order chi connectivity index (χ0) is 13.3. The molecule has 4 aliphatic rings. The Morgan fingerprint density at radius 1 is 0.900 bits per heavy atom. The Labute approximate surface area is 131 Å². The van der Waals surface area contributed by atoms with Crippen LogP contribution in [0.3, 0.4) is 0 Å². The first-order chi connectivity index (χ1) is 8.25. The minimum absolute atomic E-state index is 0. The highest BCUT2D eigenvalue weighted by Gasteiger charge is 2.74. The van der Waals surface area contributed by atoms with Gasteiger partial charge in [0.25, 0.3) is 0 Å². The van der Waals surface area contributed by atoms with Crippen molar-refractivity contribution in [1.82, 2.24) is 0 Å². The molecule has 0 aromatic rings. The van der Waals surface area contributed by atoms with Crippen LogP contribution in [0.4, 0.5) is 0 Å². The highest BCUT2D eigenvalue weighted by molar-refractivity contribution is 5.88. The molecule has 0 aliphatic heterocycles. The molecule has 4 fully saturated rings. The summed E-state index contributed by atoms with van der Waals surface area (Å²) in [5, 5.41) is 19.4. The van der Waals surface area contributed by atoms with Crippen molar-refractivity contribution in [3.8, 4) is 0 Å². The van der Waals surface area contributed by atoms with E-state index in [4.69, 9.17) is 0 Å². The molecule has 4 aliphatic carbocycles. The molecule has 4 rings (SSSR count). The second-order valence-electron chi connectivity index (χ2n) is 7.16. The first-order valence-electron chi connectivity index (χ1n) is 6.72. The molecule has 4 saturated carbocycles. The second kappa shape index (κ2) is 4.77. The van der Waals surface area contributed by atoms with Crippen LogP contribution in [-0.4, -0.2) is 22.2 Å². The Balaban J connectivity index is 0.000001000. The van der Waals surface area contributed by atoms with Crippen molar-refractivity contribution in [2.75, 3.05) is 0 Å². The lowest BCUT2D eigenvalue weighted by Gasteiger charge is -2.67. The normalized spacial score (nSPS) is 48.1. The van der Waals surface area contributed by atoms with E-state index in [9.17, 15) is 19.8 Å². The second-order valence-corrected chi connectivity index (χ2v) is 7.16. The number of rotatable bonds is 2. The Morgan fingerprint density at radius 2 is 1.35 bits per heavy atom. The van der Waals surface area contributed by atoms with Crippen LogP contribution in [0, 0.1) is 28.1 Å². The molecule has 2 N–H and O–H groups in total. The van der Waals surface area contributed by atoms with Crippen LogP contribution in [0.15, 0.2) is 0 Å². The van der Waals surface area contributed by atoms with Gasteiger partial charge in [0.05, 0.1) is 10.8 Å². The van der Waals surface area contributed by atoms with Crippen molar-refractivity contribution in [2.45, 2.75) is 46.0 Å². The van der Waals surface area contributed by atoms with Gasteiger partial charge in [-0.1, -0.05) is 6.92 Å². The summed E-state index contributed by atoms with van der Waals surface area (Å²) in [5.41, 5.74) is -2.53. The van der Waals surface area contributed by atoms with Crippen LogP contribution >= 0.6 is 24.8 Å². The van der Waals surface area contributed by atoms with E-state index < -0.39 is 22.8 Å². The molecule has 0 amide bonds. The van der Waals surface area contributed by atoms with Crippen molar-refractivity contribution in [3.63, 3.8) is 0 Å². The van der Waals surface area contributed by atoms with Gasteiger partial charge in [0.1, 0.15) is 0 Å². The fourth-order valence-corrected chi connectivity index (χ4v) is 5.62. The standard InChI is InChI=1S/C14H20O4.2ClH/c1-12-4-8-3-9(5-12)7-14(6-8,11(17)18)13(12,2)10(15)16;;/h8-9H,3-7H2,1-2H3,(H,15,16)(H,17,18);2*1H. The molecule has 4 bridgehead atoms. The van der Waals surface area contributed by atoms with Gasteiger partial charge in [0, 0.05) is 0 Å². The van der Waals surface area contributed by atoms with E-state index in [0.717, 1.165) is 19.3 Å². The predicted octanol–water partition coefficient (Wildman–Crippen LogP) is 3.22. The maximum atomic E-state index is 11.9. The molecule has 3 atom stereocenters. The lowest BCUT2D eigenvalue weighted by Crippen LogP contribution is -2.68. The number of hydrogen-bond donors (Lipinski definition) is 2. The lowest BCUT2D eigenvalue weighted by atomic mass is 9.34. The van der Waals surface area contributed by atoms with Crippen LogP contribution in [0.25, 0.3) is 0 Å². The Bertz CT molecular complexity index is 436. The molecule has 116 valence electrons. The van der Waals surface area contributed by atoms with Gasteiger partial charge in [-0.25, -0.2) is 0 Å². The fourth-order valence-electron chi connectivity index (χ4n) is 5.62. The number of halogens is 2. The zero-order valence-corrected chi connectivity index (χ0v) is 13.4. The van der Waals surface area contributed by atoms with Crippen molar-refractivity contribution < 1.29 is 19.8 Å². The lowest BCUT2D eigenvalue weighted by molar-refractivity contribution is -0.235. The SMILES string of the molecule is CC12CC3CC(C1)CC(C(=O)O)(C3)C2(C)C(=O)O.Cl.Cl. The van der Waals surface area contributed by atoms with E-state index in [1.807, 2.05) is 6.92 Å². The average molecular weight is 325 g/mol. The number of hydrogen-bond acceptors (Lipinski definition) is 2. The van der Waals surface area contributed by atoms with Gasteiger partial charge in [0.15, 0.2) is 0 Å². The summed E-state index contributed by atoms with van der Waals surface area (Å²) in [7, 11) is 0. The Kier molecular flexibility index (Phi) is 4.19. The summed E-state index contributed by atoms with van der Waals surface area (Å²) in [5.74, 6) is -1.00. The molecule has 20 heavy (non-hydrogen) atoms. The number of carbonyl (C=O) groups is 2. The maximum Gasteiger partial charge on any atom is 0.311 e. The quantitative estimate of drug-likeness (QED) is 0.817. The molecule has 4 nitrogen and oxygen atoms in total. The maximum absolute atomic E-state index is 11.9. The van der Waals surface area contributed by atoms with Crippen LogP contribution in [-0.2, 0) is 9.59 Å². The minimum atomic E-state index is -1.13. The molecule has 0 aromatic carbocycles. The zero-order valence-electron chi connectivity index (χ0n) is 11.7. The largest absolute Gasteiger partial charge is 0.481 e. The fraction of sp³-hybridized carbons (Fsp3) is 0.857. The predicted molar refractivity (Wildman–Crippen MR) is 78.5 cm³/mol. The summed E-state index contributed by atoms with van der Waals surface area (Å²) in [6.45, 7) is 3.68. The smallest absolute Gasteiger partial charge is 0.311 e. The highest BCUT2D eigenvalue weighted by Crippen LogP contribution is 2.73. The number of carboxylic acid groups (broad SMARTS) is 2. The van der Waals surface area contributed by atoms with Gasteiger partial charge >= 0.3 is 11.9 Å². The number of aliphatic carboxylic acids is 2. The summed E-state index contributed by atoms with van der Waals surface area (Å²) in [6.07, 6.45) is 3.96. The molecule has 0 aromatic heterocycles. The average Bonchev–Trinajstić information content (AvgIpc) is 2.23. The molecule has 3 unspecified atom stereocenters. The van der Waals surface area contributed by atoms with Gasteiger partial charge in [-0.15, -0.1) is 24.8 Å². The summed E-state index contributed by atoms with van der Waals surface area (Å²) in [4.78, 5) is 23.7. The van der Waals surface area contributed by atoms with E-state index in [0.29, 0.717) is 24.7 Å². The third kappa shape index (κ3) is 1.67. The monoisotopic (exact) mass is 324 g/mol. The van der Waals surface area contributed by atoms with Crippen LogP contribution in [0.2, 0.25) is 0 Å². The Morgan fingerprint density at radius 3 is 1.70 bits per heavy atom. The molecule has 0 heterocycles. The van der Waals surface area contributed by atoms with Gasteiger partial charge in [-0.2, -0.15) is 0 Å².